The van der Waals surface area contributed by atoms with E-state index in [1.807, 2.05) is 80.0 Å². The summed E-state index contributed by atoms with van der Waals surface area (Å²) >= 11 is 1.83. The molecule has 0 unspecified atom stereocenters. The molecule has 5 aromatic carbocycles. The van der Waals surface area contributed by atoms with E-state index in [0.29, 0.717) is 0 Å². The molecule has 0 fully saturated rings. The number of hydrogen-bond acceptors (Lipinski definition) is 3. The van der Waals surface area contributed by atoms with Crippen molar-refractivity contribution in [2.24, 2.45) is 0 Å². The molecule has 0 aliphatic heterocycles. The second-order valence-corrected chi connectivity index (χ2v) is 19.5. The van der Waals surface area contributed by atoms with Gasteiger partial charge in [0.1, 0.15) is 0 Å². The molecule has 8 aromatic rings. The molecule has 48 heavy (non-hydrogen) atoms. The van der Waals surface area contributed by atoms with Crippen molar-refractivity contribution in [2.45, 2.75) is 46.3 Å². The van der Waals surface area contributed by atoms with Crippen molar-refractivity contribution in [1.82, 2.24) is 9.97 Å². The fourth-order valence-corrected chi connectivity index (χ4v) is 8.60. The van der Waals surface area contributed by atoms with Gasteiger partial charge in [0.25, 0.3) is 0 Å². The number of thiophene rings is 1. The quantitative estimate of drug-likeness (QED) is 0.100. The third kappa shape index (κ3) is 6.53. The molecule has 2 nitrogen and oxygen atoms in total. The molecule has 0 bridgehead atoms. The SMILES string of the molecule is C[Si](C)(C)c1ccc(-c2[c-]cccc2)nc1.[2H]C(C)(C)c1ccnc(-c2[c-]ccc3c2sc2c3ccc3cc(C)c4ccccc4c32)c1.[Ir]. The number of aromatic nitrogens is 2. The number of aryl methyl sites for hydroxylation is 1. The van der Waals surface area contributed by atoms with Gasteiger partial charge in [-0.1, -0.05) is 105 Å². The maximum Gasteiger partial charge on any atom is 0.0795 e. The summed E-state index contributed by atoms with van der Waals surface area (Å²) in [5.41, 5.74) is 6.22. The Labute approximate surface area is 303 Å². The molecule has 0 N–H and O–H groups in total. The van der Waals surface area contributed by atoms with Gasteiger partial charge in [0, 0.05) is 44.0 Å². The second kappa shape index (κ2) is 13.9. The Hall–Kier alpha value is -3.99. The van der Waals surface area contributed by atoms with E-state index < -0.39 is 14.0 Å². The van der Waals surface area contributed by atoms with Crippen molar-refractivity contribution in [3.05, 3.63) is 139 Å². The van der Waals surface area contributed by atoms with E-state index in [9.17, 15) is 0 Å². The number of hydrogen-bond donors (Lipinski definition) is 0. The van der Waals surface area contributed by atoms with Crippen LogP contribution in [0.3, 0.4) is 0 Å². The van der Waals surface area contributed by atoms with Gasteiger partial charge in [-0.3, -0.25) is 0 Å². The molecule has 1 radical (unpaired) electrons. The minimum absolute atomic E-state index is 0. The Kier molecular flexibility index (Phi) is 9.40. The molecule has 0 saturated carbocycles. The first-order valence-corrected chi connectivity index (χ1v) is 20.4. The summed E-state index contributed by atoms with van der Waals surface area (Å²) in [6.45, 7) is 13.0. The number of rotatable bonds is 4. The van der Waals surface area contributed by atoms with Crippen LogP contribution in [0.5, 0.6) is 0 Å². The summed E-state index contributed by atoms with van der Waals surface area (Å²) in [6, 6.07) is 42.5. The molecule has 0 aliphatic carbocycles. The van der Waals surface area contributed by atoms with Crippen LogP contribution in [0.1, 0.15) is 32.2 Å². The predicted octanol–water partition coefficient (Wildman–Crippen LogP) is 11.7. The van der Waals surface area contributed by atoms with Crippen molar-refractivity contribution >= 4 is 66.3 Å². The van der Waals surface area contributed by atoms with Crippen molar-refractivity contribution in [1.29, 1.82) is 0 Å². The van der Waals surface area contributed by atoms with E-state index >= 15 is 0 Å². The molecule has 3 heterocycles. The first-order valence-electron chi connectivity index (χ1n) is 16.6. The molecule has 5 heteroatoms. The van der Waals surface area contributed by atoms with Crippen molar-refractivity contribution in [3.8, 4) is 22.5 Å². The van der Waals surface area contributed by atoms with Crippen molar-refractivity contribution < 1.29 is 21.5 Å². The Bertz CT molecular complexity index is 2430. The Morgan fingerprint density at radius 1 is 0.729 bits per heavy atom. The van der Waals surface area contributed by atoms with Crippen LogP contribution in [0.25, 0.3) is 64.2 Å². The molecular formula is C43H38IrN2SSi-2. The van der Waals surface area contributed by atoms with Gasteiger partial charge in [0.05, 0.1) is 8.07 Å². The number of benzene rings is 5. The summed E-state index contributed by atoms with van der Waals surface area (Å²) in [7, 11) is -1.23. The number of fused-ring (bicyclic) bond motifs is 7. The standard InChI is InChI=1S/C29H22NS.C14H16NSi.Ir/c1-17(2)19-13-14-30-26(16-19)25-10-6-9-23-24-12-11-20-15-18(3)21-7-4-5-8-22(21)27(20)29(24)31-28(23)25;1-16(2,3)13-9-10-14(15-11-13)12-7-5-4-6-8-12;/h4-9,11-17H,1-3H3;4-7,9-11H,1-3H3;/q2*-1;/i17D;;. The topological polar surface area (TPSA) is 25.8 Å². The third-order valence-electron chi connectivity index (χ3n) is 8.83. The molecule has 0 aliphatic rings. The molecule has 0 spiro atoms. The monoisotopic (exact) mass is 836 g/mol. The molecule has 0 saturated heterocycles. The number of pyridine rings is 2. The smallest absolute Gasteiger partial charge is 0.0795 e. The zero-order valence-electron chi connectivity index (χ0n) is 29.1. The van der Waals surface area contributed by atoms with Crippen molar-refractivity contribution in [3.63, 3.8) is 0 Å². The van der Waals surface area contributed by atoms with E-state index in [2.05, 4.69) is 109 Å². The zero-order chi connectivity index (χ0) is 33.6. The van der Waals surface area contributed by atoms with Gasteiger partial charge in [-0.15, -0.1) is 59.7 Å². The van der Waals surface area contributed by atoms with E-state index in [1.54, 1.807) is 0 Å². The van der Waals surface area contributed by atoms with Crippen LogP contribution in [0.4, 0.5) is 0 Å². The van der Waals surface area contributed by atoms with Crippen LogP contribution >= 0.6 is 11.3 Å². The second-order valence-electron chi connectivity index (χ2n) is 13.4. The van der Waals surface area contributed by atoms with Gasteiger partial charge in [-0.2, -0.15) is 11.3 Å². The van der Waals surface area contributed by atoms with Crippen LogP contribution in [0, 0.1) is 19.1 Å². The van der Waals surface area contributed by atoms with E-state index in [0.717, 1.165) is 28.1 Å². The fraction of sp³-hybridized carbons (Fsp3) is 0.163. The molecule has 8 rings (SSSR count). The van der Waals surface area contributed by atoms with E-state index in [1.165, 1.54) is 52.5 Å². The summed E-state index contributed by atoms with van der Waals surface area (Å²) < 4.78 is 10.9. The first-order chi connectivity index (χ1) is 23.0. The van der Waals surface area contributed by atoms with Gasteiger partial charge in [0.15, 0.2) is 0 Å². The zero-order valence-corrected chi connectivity index (χ0v) is 32.3. The van der Waals surface area contributed by atoms with Crippen LogP contribution in [0.2, 0.25) is 19.6 Å². The molecule has 0 atom stereocenters. The molecular weight excluding hydrogens is 797 g/mol. The maximum atomic E-state index is 8.43. The summed E-state index contributed by atoms with van der Waals surface area (Å²) in [5, 5.41) is 9.13. The normalized spacial score (nSPS) is 12.1. The molecule has 0 amide bonds. The summed E-state index contributed by atoms with van der Waals surface area (Å²) in [5.74, 6) is -0.668. The predicted molar refractivity (Wildman–Crippen MR) is 207 cm³/mol. The maximum absolute atomic E-state index is 8.43. The summed E-state index contributed by atoms with van der Waals surface area (Å²) in [4.78, 5) is 9.18. The Morgan fingerprint density at radius 2 is 1.50 bits per heavy atom. The molecule has 3 aromatic heterocycles. The van der Waals surface area contributed by atoms with Crippen LogP contribution in [-0.4, -0.2) is 18.0 Å². The average Bonchev–Trinajstić information content (AvgIpc) is 3.47. The van der Waals surface area contributed by atoms with Crippen LogP contribution < -0.4 is 5.19 Å². The third-order valence-corrected chi connectivity index (χ3v) is 12.1. The van der Waals surface area contributed by atoms with Gasteiger partial charge in [-0.25, -0.2) is 0 Å². The van der Waals surface area contributed by atoms with Crippen LogP contribution in [-0.2, 0) is 20.1 Å². The largest absolute Gasteiger partial charge is 0.305 e. The first kappa shape index (κ1) is 32.5. The number of nitrogens with zero attached hydrogens (tertiary/aromatic N) is 2. The van der Waals surface area contributed by atoms with Gasteiger partial charge >= 0.3 is 0 Å². The van der Waals surface area contributed by atoms with Crippen molar-refractivity contribution in [2.75, 3.05) is 0 Å². The van der Waals surface area contributed by atoms with Gasteiger partial charge < -0.3 is 9.97 Å². The van der Waals surface area contributed by atoms with E-state index in [-0.39, 0.29) is 20.1 Å². The minimum Gasteiger partial charge on any atom is -0.305 e. The average molecular weight is 836 g/mol. The van der Waals surface area contributed by atoms with Gasteiger partial charge in [0.2, 0.25) is 0 Å². The molecule has 241 valence electrons. The minimum atomic E-state index is -1.23. The Morgan fingerprint density at radius 3 is 2.21 bits per heavy atom. The van der Waals surface area contributed by atoms with E-state index in [4.69, 9.17) is 1.37 Å². The van der Waals surface area contributed by atoms with Crippen LogP contribution in [0.15, 0.2) is 116 Å². The fourth-order valence-electron chi connectivity index (χ4n) is 6.19. The Balaban J connectivity index is 0.000000208. The summed E-state index contributed by atoms with van der Waals surface area (Å²) in [6.07, 6.45) is 3.83. The van der Waals surface area contributed by atoms with Gasteiger partial charge in [-0.05, 0) is 67.3 Å².